The van der Waals surface area contributed by atoms with E-state index in [0.29, 0.717) is 15.8 Å². The van der Waals surface area contributed by atoms with Gasteiger partial charge in [0, 0.05) is 22.7 Å². The molecule has 29 heavy (non-hydrogen) atoms. The number of benzene rings is 2. The number of ether oxygens (including phenoxy) is 1. The van der Waals surface area contributed by atoms with Crippen LogP contribution in [-0.4, -0.2) is 21.4 Å². The third kappa shape index (κ3) is 4.38. The highest BCUT2D eigenvalue weighted by Crippen LogP contribution is 2.30. The van der Waals surface area contributed by atoms with Gasteiger partial charge in [-0.1, -0.05) is 55.2 Å². The van der Waals surface area contributed by atoms with Crippen molar-refractivity contribution in [1.29, 1.82) is 0 Å². The van der Waals surface area contributed by atoms with E-state index >= 15 is 0 Å². The molecule has 1 saturated heterocycles. The summed E-state index contributed by atoms with van der Waals surface area (Å²) in [6.45, 7) is 5.53. The van der Waals surface area contributed by atoms with Crippen molar-refractivity contribution >= 4 is 51.2 Å². The normalized spacial score (nSPS) is 15.3. The Morgan fingerprint density at radius 2 is 2.07 bits per heavy atom. The Bertz CT molecular complexity index is 1130. The van der Waals surface area contributed by atoms with Crippen molar-refractivity contribution in [2.24, 2.45) is 0 Å². The van der Waals surface area contributed by atoms with Crippen LogP contribution in [0.15, 0.2) is 53.6 Å². The number of aromatic nitrogens is 1. The second-order valence-corrected chi connectivity index (χ2v) is 8.72. The Labute approximate surface area is 179 Å². The smallest absolute Gasteiger partial charge is 0.263 e. The predicted octanol–water partition coefficient (Wildman–Crippen LogP) is 5.08. The van der Waals surface area contributed by atoms with Gasteiger partial charge in [0.05, 0.1) is 11.4 Å². The number of hydrogen-bond donors (Lipinski definition) is 1. The maximum absolute atomic E-state index is 12.0. The van der Waals surface area contributed by atoms with Crippen molar-refractivity contribution in [2.45, 2.75) is 26.8 Å². The maximum Gasteiger partial charge on any atom is 0.263 e. The van der Waals surface area contributed by atoms with E-state index in [4.69, 9.17) is 17.0 Å². The van der Waals surface area contributed by atoms with Crippen molar-refractivity contribution in [1.82, 2.24) is 9.88 Å². The van der Waals surface area contributed by atoms with Crippen LogP contribution in [-0.2, 0) is 17.8 Å². The van der Waals surface area contributed by atoms with Gasteiger partial charge in [0.25, 0.3) is 5.91 Å². The second kappa shape index (κ2) is 8.43. The van der Waals surface area contributed by atoms with E-state index in [-0.39, 0.29) is 5.91 Å². The summed E-state index contributed by atoms with van der Waals surface area (Å²) in [5.41, 5.74) is 4.62. The number of thiocarbonyl (C=S) groups is 1. The van der Waals surface area contributed by atoms with Gasteiger partial charge in [-0.25, -0.2) is 0 Å². The molecule has 0 saturated carbocycles. The molecule has 0 aliphatic carbocycles. The summed E-state index contributed by atoms with van der Waals surface area (Å²) in [4.78, 5) is 12.7. The van der Waals surface area contributed by atoms with E-state index in [0.717, 1.165) is 35.2 Å². The van der Waals surface area contributed by atoms with Gasteiger partial charge in [0.2, 0.25) is 0 Å². The van der Waals surface area contributed by atoms with Crippen molar-refractivity contribution in [3.63, 3.8) is 0 Å². The largest absolute Gasteiger partial charge is 0.492 e. The molecule has 0 spiro atoms. The quantitative estimate of drug-likeness (QED) is 0.444. The lowest BCUT2D eigenvalue weighted by molar-refractivity contribution is -0.115. The molecule has 6 heteroatoms. The van der Waals surface area contributed by atoms with Gasteiger partial charge < -0.3 is 14.6 Å². The first-order valence-electron chi connectivity index (χ1n) is 9.59. The molecular weight excluding hydrogens is 400 g/mol. The SMILES string of the molecule is CCc1cc(C)cc(OCCn2cc(/C=C3/SC(=S)NC3=O)c3ccccc32)c1. The number of aryl methyl sites for hydroxylation is 2. The summed E-state index contributed by atoms with van der Waals surface area (Å²) in [7, 11) is 0. The van der Waals surface area contributed by atoms with Crippen molar-refractivity contribution in [3.8, 4) is 5.75 Å². The number of amides is 1. The minimum absolute atomic E-state index is 0.133. The number of thioether (sulfide) groups is 1. The lowest BCUT2D eigenvalue weighted by Crippen LogP contribution is -2.17. The number of carbonyl (C=O) groups excluding carboxylic acids is 1. The third-order valence-electron chi connectivity index (χ3n) is 4.87. The topological polar surface area (TPSA) is 43.3 Å². The van der Waals surface area contributed by atoms with Gasteiger partial charge in [0.1, 0.15) is 16.7 Å². The first kappa shape index (κ1) is 19.7. The second-order valence-electron chi connectivity index (χ2n) is 7.00. The lowest BCUT2D eigenvalue weighted by Gasteiger charge is -2.10. The zero-order chi connectivity index (χ0) is 20.4. The van der Waals surface area contributed by atoms with Gasteiger partial charge >= 0.3 is 0 Å². The molecule has 148 valence electrons. The molecule has 1 aliphatic rings. The van der Waals surface area contributed by atoms with E-state index in [1.165, 1.54) is 22.9 Å². The van der Waals surface area contributed by atoms with Crippen molar-refractivity contribution < 1.29 is 9.53 Å². The monoisotopic (exact) mass is 422 g/mol. The summed E-state index contributed by atoms with van der Waals surface area (Å²) >= 11 is 6.39. The zero-order valence-corrected chi connectivity index (χ0v) is 18.0. The maximum atomic E-state index is 12.0. The molecule has 2 heterocycles. The fourth-order valence-corrected chi connectivity index (χ4v) is 4.55. The van der Waals surface area contributed by atoms with Gasteiger partial charge in [-0.2, -0.15) is 0 Å². The number of fused-ring (bicyclic) bond motifs is 1. The number of nitrogens with one attached hydrogen (secondary N) is 1. The molecule has 1 amide bonds. The number of para-hydroxylation sites is 1. The van der Waals surface area contributed by atoms with Crippen molar-refractivity contribution in [2.75, 3.05) is 6.61 Å². The van der Waals surface area contributed by atoms with Crippen LogP contribution < -0.4 is 10.1 Å². The lowest BCUT2D eigenvalue weighted by atomic mass is 10.1. The van der Waals surface area contributed by atoms with Crippen LogP contribution in [0.3, 0.4) is 0 Å². The van der Waals surface area contributed by atoms with E-state index in [9.17, 15) is 4.79 Å². The third-order valence-corrected chi connectivity index (χ3v) is 6.03. The van der Waals surface area contributed by atoms with E-state index in [1.807, 2.05) is 18.2 Å². The fourth-order valence-electron chi connectivity index (χ4n) is 3.51. The Kier molecular flexibility index (Phi) is 5.74. The van der Waals surface area contributed by atoms with Crippen LogP contribution in [0, 0.1) is 6.92 Å². The highest BCUT2D eigenvalue weighted by atomic mass is 32.2. The van der Waals surface area contributed by atoms with Gasteiger partial charge in [0.15, 0.2) is 0 Å². The minimum atomic E-state index is -0.133. The van der Waals surface area contributed by atoms with Crippen LogP contribution in [0.25, 0.3) is 17.0 Å². The van der Waals surface area contributed by atoms with Crippen LogP contribution in [0.5, 0.6) is 5.75 Å². The predicted molar refractivity (Wildman–Crippen MR) is 124 cm³/mol. The van der Waals surface area contributed by atoms with E-state index in [1.54, 1.807) is 0 Å². The molecule has 0 atom stereocenters. The Morgan fingerprint density at radius 1 is 1.24 bits per heavy atom. The highest BCUT2D eigenvalue weighted by molar-refractivity contribution is 8.26. The van der Waals surface area contributed by atoms with Gasteiger partial charge in [-0.05, 0) is 48.7 Å². The molecule has 1 aliphatic heterocycles. The molecular formula is C23H22N2O2S2. The first-order chi connectivity index (χ1) is 14.0. The van der Waals surface area contributed by atoms with Crippen molar-refractivity contribution in [3.05, 3.63) is 70.3 Å². The molecule has 4 nitrogen and oxygen atoms in total. The first-order valence-corrected chi connectivity index (χ1v) is 10.8. The molecule has 0 radical (unpaired) electrons. The van der Waals surface area contributed by atoms with Gasteiger partial charge in [-0.15, -0.1) is 0 Å². The molecule has 2 aromatic carbocycles. The number of rotatable bonds is 6. The number of hydrogen-bond acceptors (Lipinski definition) is 4. The van der Waals surface area contributed by atoms with Crippen LogP contribution in [0.4, 0.5) is 0 Å². The van der Waals surface area contributed by atoms with Gasteiger partial charge in [-0.3, -0.25) is 4.79 Å². The summed E-state index contributed by atoms with van der Waals surface area (Å²) < 4.78 is 8.71. The van der Waals surface area contributed by atoms with E-state index < -0.39 is 0 Å². The summed E-state index contributed by atoms with van der Waals surface area (Å²) in [6.07, 6.45) is 4.98. The Morgan fingerprint density at radius 3 is 2.83 bits per heavy atom. The van der Waals surface area contributed by atoms with Crippen LogP contribution >= 0.6 is 24.0 Å². The molecule has 4 rings (SSSR count). The zero-order valence-electron chi connectivity index (χ0n) is 16.4. The highest BCUT2D eigenvalue weighted by Gasteiger charge is 2.22. The molecule has 0 bridgehead atoms. The van der Waals surface area contributed by atoms with Crippen LogP contribution in [0.2, 0.25) is 0 Å². The molecule has 1 fully saturated rings. The standard InChI is InChI=1S/C23H22N2O2S2/c1-3-16-10-15(2)11-18(12-16)27-9-8-25-14-17(19-6-4-5-7-20(19)25)13-21-22(26)24-23(28)29-21/h4-7,10-14H,3,8-9H2,1-2H3,(H,24,26,28)/b21-13+. The molecule has 1 aromatic heterocycles. The van der Waals surface area contributed by atoms with E-state index in [2.05, 4.69) is 60.3 Å². The summed E-state index contributed by atoms with van der Waals surface area (Å²) in [5, 5.41) is 3.78. The number of carbonyl (C=O) groups is 1. The molecule has 3 aromatic rings. The minimum Gasteiger partial charge on any atom is -0.492 e. The summed E-state index contributed by atoms with van der Waals surface area (Å²) in [5.74, 6) is 0.777. The molecule has 0 unspecified atom stereocenters. The fraction of sp³-hybridized carbons (Fsp3) is 0.217. The average molecular weight is 423 g/mol. The number of nitrogens with zero attached hydrogens (tertiary/aromatic N) is 1. The Hall–Kier alpha value is -2.57. The van der Waals surface area contributed by atoms with Crippen LogP contribution in [0.1, 0.15) is 23.6 Å². The molecule has 1 N–H and O–H groups in total. The summed E-state index contributed by atoms with van der Waals surface area (Å²) in [6, 6.07) is 14.6. The Balaban J connectivity index is 1.55. The average Bonchev–Trinajstić information content (AvgIpc) is 3.21.